The fraction of sp³-hybridized carbons (Fsp3) is 0.333. The lowest BCUT2D eigenvalue weighted by Gasteiger charge is -2.31. The van der Waals surface area contributed by atoms with E-state index in [1.807, 2.05) is 23.1 Å². The Hall–Kier alpha value is -2.16. The Labute approximate surface area is 184 Å². The van der Waals surface area contributed by atoms with Crippen LogP contribution in [0.2, 0.25) is 5.02 Å². The van der Waals surface area contributed by atoms with Gasteiger partial charge in [0.1, 0.15) is 11.6 Å². The lowest BCUT2D eigenvalue weighted by molar-refractivity contribution is -0.132. The molecule has 3 aromatic rings. The SMILES string of the molecule is CS(=O)(=O)c1ccc(CC(=O)N2CCC(Oc3nc4c(Cl)cccc4s3)CC2)cc1. The van der Waals surface area contributed by atoms with Crippen LogP contribution in [0, 0.1) is 0 Å². The van der Waals surface area contributed by atoms with Gasteiger partial charge in [0.15, 0.2) is 9.84 Å². The number of hydrogen-bond acceptors (Lipinski definition) is 6. The average Bonchev–Trinajstić information content (AvgIpc) is 3.12. The van der Waals surface area contributed by atoms with E-state index in [-0.39, 0.29) is 23.3 Å². The number of carbonyl (C=O) groups excluding carboxylic acids is 1. The number of sulfone groups is 1. The highest BCUT2D eigenvalue weighted by Gasteiger charge is 2.25. The monoisotopic (exact) mass is 464 g/mol. The van der Waals surface area contributed by atoms with E-state index >= 15 is 0 Å². The number of carbonyl (C=O) groups is 1. The van der Waals surface area contributed by atoms with Crippen LogP contribution in [0.1, 0.15) is 18.4 Å². The average molecular weight is 465 g/mol. The third-order valence-electron chi connectivity index (χ3n) is 5.12. The molecule has 1 aliphatic heterocycles. The smallest absolute Gasteiger partial charge is 0.274 e. The summed E-state index contributed by atoms with van der Waals surface area (Å²) in [6.07, 6.45) is 2.92. The number of likely N-dealkylation sites (tertiary alicyclic amines) is 1. The molecule has 0 saturated carbocycles. The summed E-state index contributed by atoms with van der Waals surface area (Å²) in [6, 6.07) is 12.2. The van der Waals surface area contributed by atoms with E-state index in [0.717, 1.165) is 28.6 Å². The highest BCUT2D eigenvalue weighted by atomic mass is 35.5. The maximum atomic E-state index is 12.6. The molecule has 0 aliphatic carbocycles. The van der Waals surface area contributed by atoms with Crippen molar-refractivity contribution in [1.29, 1.82) is 0 Å². The van der Waals surface area contributed by atoms with Crippen LogP contribution < -0.4 is 4.74 Å². The van der Waals surface area contributed by atoms with E-state index in [4.69, 9.17) is 16.3 Å². The molecule has 1 aromatic heterocycles. The van der Waals surface area contributed by atoms with Gasteiger partial charge in [0.2, 0.25) is 5.91 Å². The second-order valence-corrected chi connectivity index (χ2v) is 10.8. The van der Waals surface area contributed by atoms with E-state index in [1.165, 1.54) is 17.6 Å². The number of benzene rings is 2. The van der Waals surface area contributed by atoms with Gasteiger partial charge in [-0.15, -0.1) is 0 Å². The second-order valence-electron chi connectivity index (χ2n) is 7.36. The predicted molar refractivity (Wildman–Crippen MR) is 118 cm³/mol. The number of fused-ring (bicyclic) bond motifs is 1. The zero-order valence-electron chi connectivity index (χ0n) is 16.4. The van der Waals surface area contributed by atoms with Crippen LogP contribution in [0.15, 0.2) is 47.4 Å². The Balaban J connectivity index is 1.31. The molecular formula is C21H21ClN2O4S2. The maximum absolute atomic E-state index is 12.6. The lowest BCUT2D eigenvalue weighted by Crippen LogP contribution is -2.42. The van der Waals surface area contributed by atoms with Gasteiger partial charge in [0, 0.05) is 32.2 Å². The molecule has 1 aliphatic rings. The van der Waals surface area contributed by atoms with E-state index in [0.29, 0.717) is 23.3 Å². The highest BCUT2D eigenvalue weighted by Crippen LogP contribution is 2.33. The van der Waals surface area contributed by atoms with Gasteiger partial charge in [-0.3, -0.25) is 4.79 Å². The van der Waals surface area contributed by atoms with Crippen molar-refractivity contribution in [1.82, 2.24) is 9.88 Å². The fourth-order valence-electron chi connectivity index (χ4n) is 3.45. The Morgan fingerprint density at radius 2 is 1.90 bits per heavy atom. The van der Waals surface area contributed by atoms with Crippen LogP contribution in [0.5, 0.6) is 5.19 Å². The number of aromatic nitrogens is 1. The van der Waals surface area contributed by atoms with Gasteiger partial charge in [-0.2, -0.15) is 0 Å². The molecular weight excluding hydrogens is 444 g/mol. The van der Waals surface area contributed by atoms with Crippen molar-refractivity contribution in [3.05, 3.63) is 53.1 Å². The molecule has 2 aromatic carbocycles. The first-order valence-corrected chi connectivity index (χ1v) is 12.7. The fourth-order valence-corrected chi connectivity index (χ4v) is 5.26. The number of para-hydroxylation sites is 1. The number of rotatable bonds is 5. The lowest BCUT2D eigenvalue weighted by atomic mass is 10.1. The van der Waals surface area contributed by atoms with Crippen molar-refractivity contribution < 1.29 is 17.9 Å². The van der Waals surface area contributed by atoms with Crippen molar-refractivity contribution in [2.45, 2.75) is 30.3 Å². The molecule has 9 heteroatoms. The van der Waals surface area contributed by atoms with Gasteiger partial charge in [-0.1, -0.05) is 41.1 Å². The van der Waals surface area contributed by atoms with E-state index < -0.39 is 9.84 Å². The molecule has 0 unspecified atom stereocenters. The molecule has 1 amide bonds. The van der Waals surface area contributed by atoms with Crippen LogP contribution in [0.25, 0.3) is 10.2 Å². The summed E-state index contributed by atoms with van der Waals surface area (Å²) in [4.78, 5) is 19.2. The minimum Gasteiger partial charge on any atom is -0.467 e. The number of ether oxygens (including phenoxy) is 1. The molecule has 6 nitrogen and oxygen atoms in total. The largest absolute Gasteiger partial charge is 0.467 e. The predicted octanol–water partition coefficient (Wildman–Crippen LogP) is 3.97. The highest BCUT2D eigenvalue weighted by molar-refractivity contribution is 7.90. The standard InChI is InChI=1S/C21H21ClN2O4S2/c1-30(26,27)16-7-5-14(6-8-16)13-19(25)24-11-9-15(10-12-24)28-21-23-20-17(22)3-2-4-18(20)29-21/h2-8,15H,9-13H2,1H3. The second kappa shape index (κ2) is 8.53. The first-order chi connectivity index (χ1) is 14.3. The molecule has 0 bridgehead atoms. The molecule has 1 fully saturated rings. The van der Waals surface area contributed by atoms with Crippen molar-refractivity contribution in [3.63, 3.8) is 0 Å². The van der Waals surface area contributed by atoms with Crippen molar-refractivity contribution in [2.75, 3.05) is 19.3 Å². The van der Waals surface area contributed by atoms with Gasteiger partial charge in [-0.05, 0) is 29.8 Å². The molecule has 0 spiro atoms. The Morgan fingerprint density at radius 1 is 1.20 bits per heavy atom. The summed E-state index contributed by atoms with van der Waals surface area (Å²) < 4.78 is 30.1. The molecule has 1 saturated heterocycles. The molecule has 0 N–H and O–H groups in total. The van der Waals surface area contributed by atoms with Crippen molar-refractivity contribution in [3.8, 4) is 5.19 Å². The van der Waals surface area contributed by atoms with Crippen molar-refractivity contribution in [2.24, 2.45) is 0 Å². The Morgan fingerprint density at radius 3 is 2.53 bits per heavy atom. The summed E-state index contributed by atoms with van der Waals surface area (Å²) in [5, 5.41) is 1.22. The van der Waals surface area contributed by atoms with Crippen LogP contribution in [0.3, 0.4) is 0 Å². The quantitative estimate of drug-likeness (QED) is 0.571. The van der Waals surface area contributed by atoms with Gasteiger partial charge in [0.05, 0.1) is 21.0 Å². The van der Waals surface area contributed by atoms with E-state index in [1.54, 1.807) is 24.3 Å². The molecule has 0 atom stereocenters. The van der Waals surface area contributed by atoms with Crippen LogP contribution >= 0.6 is 22.9 Å². The third-order valence-corrected chi connectivity index (χ3v) is 7.46. The number of amides is 1. The molecule has 0 radical (unpaired) electrons. The Bertz CT molecular complexity index is 1170. The maximum Gasteiger partial charge on any atom is 0.274 e. The Kier molecular flexibility index (Phi) is 5.99. The van der Waals surface area contributed by atoms with Crippen molar-refractivity contribution >= 4 is 48.9 Å². The van der Waals surface area contributed by atoms with E-state index in [2.05, 4.69) is 4.98 Å². The third kappa shape index (κ3) is 4.77. The molecule has 30 heavy (non-hydrogen) atoms. The minimum atomic E-state index is -3.23. The summed E-state index contributed by atoms with van der Waals surface area (Å²) in [7, 11) is -3.23. The van der Waals surface area contributed by atoms with Crippen LogP contribution in [-0.4, -0.2) is 49.7 Å². The first-order valence-electron chi connectivity index (χ1n) is 9.58. The van der Waals surface area contributed by atoms with Gasteiger partial charge in [0.25, 0.3) is 5.19 Å². The summed E-state index contributed by atoms with van der Waals surface area (Å²) in [6.45, 7) is 1.24. The molecule has 2 heterocycles. The molecule has 158 valence electrons. The van der Waals surface area contributed by atoms with Gasteiger partial charge < -0.3 is 9.64 Å². The number of thiazole rings is 1. The van der Waals surface area contributed by atoms with E-state index in [9.17, 15) is 13.2 Å². The summed E-state index contributed by atoms with van der Waals surface area (Å²) in [5.41, 5.74) is 1.56. The van der Waals surface area contributed by atoms with Gasteiger partial charge in [-0.25, -0.2) is 13.4 Å². The normalized spacial score (nSPS) is 15.5. The number of hydrogen-bond donors (Lipinski definition) is 0. The summed E-state index contributed by atoms with van der Waals surface area (Å²) in [5.74, 6) is 0.0346. The minimum absolute atomic E-state index is 0.0161. The zero-order chi connectivity index (χ0) is 21.3. The zero-order valence-corrected chi connectivity index (χ0v) is 18.8. The summed E-state index contributed by atoms with van der Waals surface area (Å²) >= 11 is 7.65. The number of nitrogens with zero attached hydrogens (tertiary/aromatic N) is 2. The molecule has 4 rings (SSSR count). The van der Waals surface area contributed by atoms with Crippen LogP contribution in [-0.2, 0) is 21.1 Å². The first kappa shape index (κ1) is 21.1. The van der Waals surface area contributed by atoms with Gasteiger partial charge >= 0.3 is 0 Å². The number of halogens is 1. The number of piperidine rings is 1. The van der Waals surface area contributed by atoms with Crippen LogP contribution in [0.4, 0.5) is 0 Å². The topological polar surface area (TPSA) is 76.6 Å².